The molecular formula is C27H28N4O3S3. The first-order valence-corrected chi connectivity index (χ1v) is 14.5. The summed E-state index contributed by atoms with van der Waals surface area (Å²) >= 11 is 4.37. The highest BCUT2D eigenvalue weighted by Crippen LogP contribution is 2.40. The second kappa shape index (κ2) is 12.4. The van der Waals surface area contributed by atoms with Gasteiger partial charge in [0.2, 0.25) is 5.91 Å². The predicted octanol–water partition coefficient (Wildman–Crippen LogP) is 6.70. The average molecular weight is 553 g/mol. The van der Waals surface area contributed by atoms with Crippen molar-refractivity contribution in [2.75, 3.05) is 18.2 Å². The van der Waals surface area contributed by atoms with Gasteiger partial charge in [0.25, 0.3) is 0 Å². The number of methoxy groups -OCH3 is 1. The molecule has 0 radical (unpaired) electrons. The molecule has 0 saturated heterocycles. The van der Waals surface area contributed by atoms with Crippen molar-refractivity contribution >= 4 is 51.3 Å². The molecule has 37 heavy (non-hydrogen) atoms. The van der Waals surface area contributed by atoms with Crippen molar-refractivity contribution < 1.29 is 14.3 Å². The van der Waals surface area contributed by atoms with Gasteiger partial charge in [0.15, 0.2) is 11.0 Å². The first kappa shape index (κ1) is 26.8. The molecule has 0 spiro atoms. The molecule has 0 aliphatic heterocycles. The quantitative estimate of drug-likeness (QED) is 0.127. The fourth-order valence-corrected chi connectivity index (χ4v) is 6.75. The monoisotopic (exact) mass is 552 g/mol. The van der Waals surface area contributed by atoms with Crippen LogP contribution in [0.4, 0.5) is 5.00 Å². The highest BCUT2D eigenvalue weighted by Gasteiger charge is 2.25. The Bertz CT molecular complexity index is 1410. The van der Waals surface area contributed by atoms with Crippen LogP contribution in [0.1, 0.15) is 33.5 Å². The zero-order chi connectivity index (χ0) is 26.4. The minimum Gasteiger partial charge on any atom is -0.465 e. The molecule has 1 N–H and O–H groups in total. The third-order valence-corrected chi connectivity index (χ3v) is 8.54. The number of amides is 1. The third-order valence-electron chi connectivity index (χ3n) is 5.56. The van der Waals surface area contributed by atoms with Gasteiger partial charge in [0.05, 0.1) is 12.9 Å². The molecule has 7 nitrogen and oxygen atoms in total. The van der Waals surface area contributed by atoms with Crippen LogP contribution in [0.2, 0.25) is 0 Å². The summed E-state index contributed by atoms with van der Waals surface area (Å²) in [5.74, 6) is 0.139. The standard InChI is InChI=1S/C27H28N4O3S3/c1-5-10-20-14-19(15-35-20)24-29-30-27(31(24)13-6-2)36-16-21(32)28-25-23(26(33)34-4)22(17(3)37-25)18-11-8-7-9-12-18/h6-9,11-12,14-15H,2,5,10,13,16H2,1,3-4H3,(H,28,32). The first-order chi connectivity index (χ1) is 18.0. The number of carbonyl (C=O) groups excluding carboxylic acids is 2. The normalized spacial score (nSPS) is 10.9. The number of hydrogen-bond acceptors (Lipinski definition) is 8. The molecule has 0 unspecified atom stereocenters. The zero-order valence-corrected chi connectivity index (χ0v) is 23.4. The molecule has 0 atom stereocenters. The summed E-state index contributed by atoms with van der Waals surface area (Å²) in [6.07, 6.45) is 3.91. The fraction of sp³-hybridized carbons (Fsp3) is 0.259. The van der Waals surface area contributed by atoms with Crippen LogP contribution in [0, 0.1) is 6.92 Å². The van der Waals surface area contributed by atoms with E-state index in [9.17, 15) is 9.59 Å². The Morgan fingerprint density at radius 1 is 1.22 bits per heavy atom. The van der Waals surface area contributed by atoms with Crippen LogP contribution in [0.25, 0.3) is 22.5 Å². The van der Waals surface area contributed by atoms with Gasteiger partial charge < -0.3 is 10.1 Å². The molecular weight excluding hydrogens is 525 g/mol. The van der Waals surface area contributed by atoms with E-state index in [1.54, 1.807) is 17.4 Å². The van der Waals surface area contributed by atoms with Gasteiger partial charge in [-0.1, -0.05) is 61.5 Å². The first-order valence-electron chi connectivity index (χ1n) is 11.8. The smallest absolute Gasteiger partial charge is 0.341 e. The molecule has 1 aromatic carbocycles. The Morgan fingerprint density at radius 3 is 2.70 bits per heavy atom. The summed E-state index contributed by atoms with van der Waals surface area (Å²) in [4.78, 5) is 27.9. The molecule has 1 amide bonds. The SMILES string of the molecule is C=CCn1c(SCC(=O)Nc2sc(C)c(-c3ccccc3)c2C(=O)OC)nnc1-c1csc(CCC)c1. The number of aryl methyl sites for hydroxylation is 2. The van der Waals surface area contributed by atoms with Crippen molar-refractivity contribution in [2.45, 2.75) is 38.4 Å². The minimum absolute atomic E-state index is 0.109. The Morgan fingerprint density at radius 2 is 2.00 bits per heavy atom. The largest absolute Gasteiger partial charge is 0.465 e. The van der Waals surface area contributed by atoms with Crippen molar-refractivity contribution in [2.24, 2.45) is 0 Å². The van der Waals surface area contributed by atoms with Crippen molar-refractivity contribution in [1.82, 2.24) is 14.8 Å². The minimum atomic E-state index is -0.486. The summed E-state index contributed by atoms with van der Waals surface area (Å²) in [6, 6.07) is 11.8. The maximum absolute atomic E-state index is 13.0. The summed E-state index contributed by atoms with van der Waals surface area (Å²) < 4.78 is 7.01. The van der Waals surface area contributed by atoms with Gasteiger partial charge in [-0.15, -0.1) is 39.4 Å². The van der Waals surface area contributed by atoms with E-state index in [1.807, 2.05) is 41.8 Å². The van der Waals surface area contributed by atoms with E-state index in [-0.39, 0.29) is 11.7 Å². The number of anilines is 1. The van der Waals surface area contributed by atoms with Crippen LogP contribution < -0.4 is 5.32 Å². The van der Waals surface area contributed by atoms with Gasteiger partial charge in [-0.05, 0) is 25.0 Å². The zero-order valence-electron chi connectivity index (χ0n) is 20.9. The second-order valence-electron chi connectivity index (χ2n) is 8.19. The van der Waals surface area contributed by atoms with E-state index in [2.05, 4.69) is 40.5 Å². The highest BCUT2D eigenvalue weighted by molar-refractivity contribution is 7.99. The summed E-state index contributed by atoms with van der Waals surface area (Å²) in [7, 11) is 1.34. The van der Waals surface area contributed by atoms with Crippen LogP contribution in [0.3, 0.4) is 0 Å². The number of allylic oxidation sites excluding steroid dienone is 1. The Kier molecular flexibility index (Phi) is 8.96. The van der Waals surface area contributed by atoms with E-state index in [1.165, 1.54) is 35.1 Å². The number of aromatic nitrogens is 3. The Labute approximate surface area is 228 Å². The Hall–Kier alpha value is -3.21. The van der Waals surface area contributed by atoms with Crippen molar-refractivity contribution in [1.29, 1.82) is 0 Å². The molecule has 4 rings (SSSR count). The number of esters is 1. The van der Waals surface area contributed by atoms with E-state index in [4.69, 9.17) is 4.74 Å². The van der Waals surface area contributed by atoms with Gasteiger partial charge >= 0.3 is 5.97 Å². The lowest BCUT2D eigenvalue weighted by molar-refractivity contribution is -0.113. The maximum atomic E-state index is 13.0. The van der Waals surface area contributed by atoms with Gasteiger partial charge in [0, 0.05) is 32.8 Å². The number of ether oxygens (including phenoxy) is 1. The van der Waals surface area contributed by atoms with Crippen LogP contribution >= 0.6 is 34.4 Å². The second-order valence-corrected chi connectivity index (χ2v) is 11.4. The fourth-order valence-electron chi connectivity index (χ4n) is 3.95. The summed E-state index contributed by atoms with van der Waals surface area (Å²) in [6.45, 7) is 8.48. The van der Waals surface area contributed by atoms with Crippen LogP contribution in [-0.2, 0) is 22.5 Å². The average Bonchev–Trinajstić information content (AvgIpc) is 3.60. The highest BCUT2D eigenvalue weighted by atomic mass is 32.2. The number of thioether (sulfide) groups is 1. The number of nitrogens with zero attached hydrogens (tertiary/aromatic N) is 3. The lowest BCUT2D eigenvalue weighted by atomic mass is 10.0. The van der Waals surface area contributed by atoms with E-state index >= 15 is 0 Å². The van der Waals surface area contributed by atoms with Crippen LogP contribution in [0.15, 0.2) is 59.6 Å². The van der Waals surface area contributed by atoms with Gasteiger partial charge in [-0.2, -0.15) is 0 Å². The molecule has 0 aliphatic carbocycles. The Balaban J connectivity index is 1.53. The van der Waals surface area contributed by atoms with Crippen molar-refractivity contribution in [3.05, 3.63) is 69.8 Å². The number of benzene rings is 1. The number of rotatable bonds is 11. The van der Waals surface area contributed by atoms with Gasteiger partial charge in [-0.25, -0.2) is 4.79 Å². The van der Waals surface area contributed by atoms with Crippen molar-refractivity contribution in [3.8, 4) is 22.5 Å². The van der Waals surface area contributed by atoms with Gasteiger partial charge in [0.1, 0.15) is 10.6 Å². The molecule has 10 heteroatoms. The van der Waals surface area contributed by atoms with E-state index in [0.717, 1.165) is 40.2 Å². The molecule has 192 valence electrons. The van der Waals surface area contributed by atoms with Crippen LogP contribution in [-0.4, -0.2) is 39.5 Å². The summed E-state index contributed by atoms with van der Waals surface area (Å²) in [5.41, 5.74) is 3.05. The van der Waals surface area contributed by atoms with E-state index < -0.39 is 5.97 Å². The van der Waals surface area contributed by atoms with Crippen molar-refractivity contribution in [3.63, 3.8) is 0 Å². The molecule has 0 fully saturated rings. The number of thiophene rings is 2. The summed E-state index contributed by atoms with van der Waals surface area (Å²) in [5, 5.41) is 14.9. The number of carbonyl (C=O) groups is 2. The lowest BCUT2D eigenvalue weighted by Gasteiger charge is -2.09. The lowest BCUT2D eigenvalue weighted by Crippen LogP contribution is -2.16. The van der Waals surface area contributed by atoms with Crippen LogP contribution in [0.5, 0.6) is 0 Å². The molecule has 0 aliphatic rings. The van der Waals surface area contributed by atoms with E-state index in [0.29, 0.717) is 22.3 Å². The maximum Gasteiger partial charge on any atom is 0.341 e. The molecule has 3 aromatic heterocycles. The molecule has 4 aromatic rings. The van der Waals surface area contributed by atoms with Gasteiger partial charge in [-0.3, -0.25) is 9.36 Å². The topological polar surface area (TPSA) is 86.1 Å². The molecule has 0 saturated carbocycles. The molecule has 3 heterocycles. The predicted molar refractivity (Wildman–Crippen MR) is 153 cm³/mol. The number of nitrogens with one attached hydrogen (secondary N) is 1. The number of hydrogen-bond donors (Lipinski definition) is 1. The molecule has 0 bridgehead atoms. The third kappa shape index (κ3) is 6.03.